The van der Waals surface area contributed by atoms with Gasteiger partial charge in [-0.1, -0.05) is 32.9 Å². The van der Waals surface area contributed by atoms with Gasteiger partial charge in [-0.15, -0.1) is 0 Å². The Balaban J connectivity index is 2.02. The smallest absolute Gasteiger partial charge is 0.118 e. The Morgan fingerprint density at radius 3 is 2.44 bits per heavy atom. The van der Waals surface area contributed by atoms with Crippen molar-refractivity contribution >= 4 is 0 Å². The summed E-state index contributed by atoms with van der Waals surface area (Å²) >= 11 is 0. The molecule has 1 unspecified atom stereocenters. The zero-order chi connectivity index (χ0) is 13.1. The van der Waals surface area contributed by atoms with Crippen molar-refractivity contribution < 1.29 is 5.11 Å². The number of phenols is 1. The molecule has 2 aliphatic rings. The van der Waals surface area contributed by atoms with Gasteiger partial charge in [0.25, 0.3) is 0 Å². The Bertz CT molecular complexity index is 492. The van der Waals surface area contributed by atoms with Gasteiger partial charge in [-0.2, -0.15) is 0 Å². The van der Waals surface area contributed by atoms with Gasteiger partial charge in [0, 0.05) is 0 Å². The van der Waals surface area contributed by atoms with Gasteiger partial charge in [0.05, 0.1) is 0 Å². The third-order valence-electron chi connectivity index (χ3n) is 6.36. The lowest BCUT2D eigenvalue weighted by Gasteiger charge is -2.34. The van der Waals surface area contributed by atoms with Gasteiger partial charge in [0.2, 0.25) is 0 Å². The van der Waals surface area contributed by atoms with Gasteiger partial charge in [0.15, 0.2) is 0 Å². The van der Waals surface area contributed by atoms with Gasteiger partial charge >= 0.3 is 0 Å². The van der Waals surface area contributed by atoms with E-state index in [1.165, 1.54) is 24.8 Å². The van der Waals surface area contributed by atoms with Crippen molar-refractivity contribution in [1.82, 2.24) is 0 Å². The quantitative estimate of drug-likeness (QED) is 0.763. The molecule has 2 fully saturated rings. The third kappa shape index (κ3) is 1.39. The van der Waals surface area contributed by atoms with Crippen molar-refractivity contribution in [2.45, 2.75) is 52.9 Å². The van der Waals surface area contributed by atoms with Crippen LogP contribution >= 0.6 is 0 Å². The summed E-state index contributed by atoms with van der Waals surface area (Å²) in [5.41, 5.74) is 3.43. The van der Waals surface area contributed by atoms with Gasteiger partial charge in [-0.05, 0) is 66.0 Å². The summed E-state index contributed by atoms with van der Waals surface area (Å²) in [5.74, 6) is 1.90. The summed E-state index contributed by atoms with van der Waals surface area (Å²) in [6, 6.07) is 6.20. The van der Waals surface area contributed by atoms with Crippen molar-refractivity contribution in [3.8, 4) is 5.75 Å². The standard InChI is InChI=1S/C17H24O/c1-11-9-13(5-6-15(11)18)14-10-16(3)7-8-17(14,4)12(16)2/h5-6,9,12,14,18H,7-8,10H2,1-4H3/t12?,14-,16+,17+/m0/s1. The Morgan fingerprint density at radius 1 is 1.22 bits per heavy atom. The van der Waals surface area contributed by atoms with Crippen LogP contribution in [0.1, 0.15) is 57.1 Å². The molecule has 4 atom stereocenters. The molecule has 18 heavy (non-hydrogen) atoms. The van der Waals surface area contributed by atoms with Crippen molar-refractivity contribution in [2.75, 3.05) is 0 Å². The Labute approximate surface area is 110 Å². The maximum atomic E-state index is 9.69. The fourth-order valence-corrected chi connectivity index (χ4v) is 4.63. The molecule has 0 amide bonds. The highest BCUT2D eigenvalue weighted by Crippen LogP contribution is 2.70. The monoisotopic (exact) mass is 244 g/mol. The largest absolute Gasteiger partial charge is 0.508 e. The lowest BCUT2D eigenvalue weighted by atomic mass is 9.70. The molecular weight excluding hydrogens is 220 g/mol. The molecular formula is C17H24O. The van der Waals surface area contributed by atoms with Gasteiger partial charge in [-0.3, -0.25) is 0 Å². The number of rotatable bonds is 1. The number of benzene rings is 1. The second kappa shape index (κ2) is 3.53. The highest BCUT2D eigenvalue weighted by atomic mass is 16.3. The molecule has 0 radical (unpaired) electrons. The number of phenolic OH excluding ortho intramolecular Hbond substituents is 1. The fraction of sp³-hybridized carbons (Fsp3) is 0.647. The SMILES string of the molecule is Cc1cc([C@@H]2C[C@@]3(C)CC[C@]2(C)C3C)ccc1O. The molecule has 1 aromatic rings. The second-order valence-corrected chi connectivity index (χ2v) is 7.18. The van der Waals surface area contributed by atoms with E-state index in [9.17, 15) is 5.11 Å². The van der Waals surface area contributed by atoms with E-state index < -0.39 is 0 Å². The van der Waals surface area contributed by atoms with Crippen LogP contribution in [0.4, 0.5) is 0 Å². The first-order valence-electron chi connectivity index (χ1n) is 7.16. The first kappa shape index (κ1) is 12.1. The molecule has 2 saturated carbocycles. The Hall–Kier alpha value is -0.980. The first-order chi connectivity index (χ1) is 8.37. The molecule has 2 aliphatic carbocycles. The van der Waals surface area contributed by atoms with E-state index in [1.807, 2.05) is 13.0 Å². The summed E-state index contributed by atoms with van der Waals surface area (Å²) in [7, 11) is 0. The van der Waals surface area contributed by atoms with Crippen LogP contribution < -0.4 is 0 Å². The molecule has 0 heterocycles. The molecule has 1 heteroatoms. The van der Waals surface area contributed by atoms with E-state index in [0.29, 0.717) is 22.5 Å². The fourth-order valence-electron chi connectivity index (χ4n) is 4.63. The zero-order valence-electron chi connectivity index (χ0n) is 12.0. The van der Waals surface area contributed by atoms with Crippen LogP contribution in [0.25, 0.3) is 0 Å². The average molecular weight is 244 g/mol. The van der Waals surface area contributed by atoms with Crippen LogP contribution in [0.5, 0.6) is 5.75 Å². The Morgan fingerprint density at radius 2 is 1.94 bits per heavy atom. The summed E-state index contributed by atoms with van der Waals surface area (Å²) in [6.07, 6.45) is 4.06. The van der Waals surface area contributed by atoms with E-state index in [2.05, 4.69) is 32.9 Å². The highest BCUT2D eigenvalue weighted by molar-refractivity contribution is 5.38. The normalized spacial score (nSPS) is 42.4. The molecule has 0 aliphatic heterocycles. The Kier molecular flexibility index (Phi) is 2.36. The second-order valence-electron chi connectivity index (χ2n) is 7.18. The average Bonchev–Trinajstić information content (AvgIpc) is 2.67. The third-order valence-corrected chi connectivity index (χ3v) is 6.36. The number of aromatic hydroxyl groups is 1. The molecule has 1 N–H and O–H groups in total. The molecule has 0 saturated heterocycles. The van der Waals surface area contributed by atoms with Crippen molar-refractivity contribution in [2.24, 2.45) is 16.7 Å². The molecule has 1 nitrogen and oxygen atoms in total. The summed E-state index contributed by atoms with van der Waals surface area (Å²) in [5, 5.41) is 9.69. The topological polar surface area (TPSA) is 20.2 Å². The maximum Gasteiger partial charge on any atom is 0.118 e. The van der Waals surface area contributed by atoms with Gasteiger partial charge in [-0.25, -0.2) is 0 Å². The molecule has 0 spiro atoms. The minimum atomic E-state index is 0.423. The van der Waals surface area contributed by atoms with E-state index in [1.54, 1.807) is 0 Å². The highest BCUT2D eigenvalue weighted by Gasteiger charge is 2.60. The molecule has 1 aromatic carbocycles. The molecule has 98 valence electrons. The lowest BCUT2D eigenvalue weighted by Crippen LogP contribution is -2.23. The van der Waals surface area contributed by atoms with Crippen LogP contribution in [0, 0.1) is 23.7 Å². The van der Waals surface area contributed by atoms with E-state index in [0.717, 1.165) is 11.5 Å². The summed E-state index contributed by atoms with van der Waals surface area (Å²) < 4.78 is 0. The van der Waals surface area contributed by atoms with Crippen molar-refractivity contribution in [3.63, 3.8) is 0 Å². The van der Waals surface area contributed by atoms with Crippen molar-refractivity contribution in [1.29, 1.82) is 0 Å². The number of hydrogen-bond acceptors (Lipinski definition) is 1. The minimum Gasteiger partial charge on any atom is -0.508 e. The number of hydrogen-bond donors (Lipinski definition) is 1. The van der Waals surface area contributed by atoms with Crippen LogP contribution in [0.15, 0.2) is 18.2 Å². The maximum absolute atomic E-state index is 9.69. The molecule has 0 aromatic heterocycles. The van der Waals surface area contributed by atoms with E-state index in [4.69, 9.17) is 0 Å². The molecule has 3 rings (SSSR count). The first-order valence-corrected chi connectivity index (χ1v) is 7.16. The minimum absolute atomic E-state index is 0.423. The summed E-state index contributed by atoms with van der Waals surface area (Å²) in [6.45, 7) is 9.39. The van der Waals surface area contributed by atoms with Crippen LogP contribution in [-0.2, 0) is 0 Å². The van der Waals surface area contributed by atoms with E-state index >= 15 is 0 Å². The van der Waals surface area contributed by atoms with Crippen LogP contribution in [0.3, 0.4) is 0 Å². The lowest BCUT2D eigenvalue weighted by molar-refractivity contribution is 0.226. The molecule has 2 bridgehead atoms. The van der Waals surface area contributed by atoms with Crippen molar-refractivity contribution in [3.05, 3.63) is 29.3 Å². The number of fused-ring (bicyclic) bond motifs is 2. The zero-order valence-corrected chi connectivity index (χ0v) is 12.0. The predicted octanol–water partition coefficient (Wildman–Crippen LogP) is 4.63. The summed E-state index contributed by atoms with van der Waals surface area (Å²) in [4.78, 5) is 0. The van der Waals surface area contributed by atoms with Crippen LogP contribution in [-0.4, -0.2) is 5.11 Å². The van der Waals surface area contributed by atoms with Gasteiger partial charge in [0.1, 0.15) is 5.75 Å². The van der Waals surface area contributed by atoms with Crippen LogP contribution in [0.2, 0.25) is 0 Å². The number of aryl methyl sites for hydroxylation is 1. The predicted molar refractivity (Wildman–Crippen MR) is 74.8 cm³/mol. The van der Waals surface area contributed by atoms with Gasteiger partial charge < -0.3 is 5.11 Å². The van der Waals surface area contributed by atoms with E-state index in [-0.39, 0.29) is 0 Å².